The van der Waals surface area contributed by atoms with Crippen LogP contribution in [0.2, 0.25) is 0 Å². The second-order valence-electron chi connectivity index (χ2n) is 3.63. The molecule has 9 heteroatoms. The smallest absolute Gasteiger partial charge is 0.243 e. The maximum Gasteiger partial charge on any atom is 0.243 e. The van der Waals surface area contributed by atoms with E-state index in [9.17, 15) is 8.42 Å². The average molecular weight is 363 g/mol. The SMILES string of the molecule is Nc1ncc(S(=O)(=O)NCCc2ccc(Br)s2)cn1. The monoisotopic (exact) mass is 362 g/mol. The van der Waals surface area contributed by atoms with E-state index in [1.807, 2.05) is 12.1 Å². The van der Waals surface area contributed by atoms with Crippen LogP contribution in [-0.2, 0) is 16.4 Å². The summed E-state index contributed by atoms with van der Waals surface area (Å²) in [6, 6.07) is 3.89. The summed E-state index contributed by atoms with van der Waals surface area (Å²) >= 11 is 4.94. The third-order valence-corrected chi connectivity index (χ3v) is 5.35. The fourth-order valence-electron chi connectivity index (χ4n) is 1.34. The van der Waals surface area contributed by atoms with Crippen molar-refractivity contribution in [3.63, 3.8) is 0 Å². The van der Waals surface area contributed by atoms with Crippen LogP contribution >= 0.6 is 27.3 Å². The van der Waals surface area contributed by atoms with Gasteiger partial charge in [-0.1, -0.05) is 0 Å². The number of hydrogen-bond acceptors (Lipinski definition) is 6. The van der Waals surface area contributed by atoms with E-state index in [4.69, 9.17) is 5.73 Å². The lowest BCUT2D eigenvalue weighted by Crippen LogP contribution is -2.26. The Morgan fingerprint density at radius 1 is 1.32 bits per heavy atom. The maximum absolute atomic E-state index is 11.9. The Hall–Kier alpha value is -1.03. The Kier molecular flexibility index (Phi) is 4.50. The van der Waals surface area contributed by atoms with Crippen LogP contribution < -0.4 is 10.5 Å². The van der Waals surface area contributed by atoms with Crippen LogP contribution in [-0.4, -0.2) is 24.9 Å². The molecule has 19 heavy (non-hydrogen) atoms. The first kappa shape index (κ1) is 14.4. The van der Waals surface area contributed by atoms with Crippen LogP contribution in [0, 0.1) is 0 Å². The molecule has 2 aromatic heterocycles. The number of nitrogens with zero attached hydrogens (tertiary/aromatic N) is 2. The number of anilines is 1. The summed E-state index contributed by atoms with van der Waals surface area (Å²) in [7, 11) is -3.58. The second kappa shape index (κ2) is 5.95. The Morgan fingerprint density at radius 3 is 2.58 bits per heavy atom. The van der Waals surface area contributed by atoms with E-state index in [-0.39, 0.29) is 10.8 Å². The van der Waals surface area contributed by atoms with Crippen molar-refractivity contribution in [2.75, 3.05) is 12.3 Å². The van der Waals surface area contributed by atoms with Crippen molar-refractivity contribution in [1.29, 1.82) is 0 Å². The van der Waals surface area contributed by atoms with Gasteiger partial charge < -0.3 is 5.73 Å². The molecule has 0 unspecified atom stereocenters. The van der Waals surface area contributed by atoms with Gasteiger partial charge >= 0.3 is 0 Å². The van der Waals surface area contributed by atoms with Gasteiger partial charge in [0.15, 0.2) is 0 Å². The molecule has 0 aliphatic carbocycles. The number of halogens is 1. The summed E-state index contributed by atoms with van der Waals surface area (Å²) in [5.74, 6) is 0.0439. The Balaban J connectivity index is 1.96. The molecule has 0 aromatic carbocycles. The Bertz CT molecular complexity index is 654. The molecule has 0 saturated carbocycles. The molecule has 2 aromatic rings. The maximum atomic E-state index is 11.9. The van der Waals surface area contributed by atoms with Crippen LogP contribution in [0.4, 0.5) is 5.95 Å². The van der Waals surface area contributed by atoms with Gasteiger partial charge in [0.2, 0.25) is 16.0 Å². The number of thiophene rings is 1. The molecule has 0 aliphatic rings. The summed E-state index contributed by atoms with van der Waals surface area (Å²) in [5.41, 5.74) is 5.31. The summed E-state index contributed by atoms with van der Waals surface area (Å²) in [4.78, 5) is 8.43. The first-order chi connectivity index (χ1) is 8.97. The fourth-order valence-corrected chi connectivity index (χ4v) is 3.75. The molecule has 0 atom stereocenters. The summed E-state index contributed by atoms with van der Waals surface area (Å²) in [6.45, 7) is 0.319. The zero-order chi connectivity index (χ0) is 13.9. The number of rotatable bonds is 5. The van der Waals surface area contributed by atoms with E-state index >= 15 is 0 Å². The average Bonchev–Trinajstić information content (AvgIpc) is 2.75. The fraction of sp³-hybridized carbons (Fsp3) is 0.200. The van der Waals surface area contributed by atoms with Crippen LogP contribution in [0.15, 0.2) is 33.2 Å². The van der Waals surface area contributed by atoms with Gasteiger partial charge in [0.25, 0.3) is 0 Å². The molecule has 2 rings (SSSR count). The molecule has 0 saturated heterocycles. The first-order valence-corrected chi connectivity index (χ1v) is 8.38. The van der Waals surface area contributed by atoms with Gasteiger partial charge in [-0.15, -0.1) is 11.3 Å². The highest BCUT2D eigenvalue weighted by Crippen LogP contribution is 2.22. The number of sulfonamides is 1. The quantitative estimate of drug-likeness (QED) is 0.837. The van der Waals surface area contributed by atoms with Crippen LogP contribution in [0.25, 0.3) is 0 Å². The van der Waals surface area contributed by atoms with Crippen molar-refractivity contribution >= 4 is 43.2 Å². The van der Waals surface area contributed by atoms with Crippen LogP contribution in [0.3, 0.4) is 0 Å². The lowest BCUT2D eigenvalue weighted by molar-refractivity contribution is 0.581. The third kappa shape index (κ3) is 3.96. The van der Waals surface area contributed by atoms with Crippen molar-refractivity contribution < 1.29 is 8.42 Å². The number of aromatic nitrogens is 2. The lowest BCUT2D eigenvalue weighted by atomic mass is 10.3. The van der Waals surface area contributed by atoms with Gasteiger partial charge in [-0.05, 0) is 34.5 Å². The van der Waals surface area contributed by atoms with Crippen molar-refractivity contribution in [2.24, 2.45) is 0 Å². The minimum Gasteiger partial charge on any atom is -0.368 e. The highest BCUT2D eigenvalue weighted by atomic mass is 79.9. The van der Waals surface area contributed by atoms with Gasteiger partial charge in [-0.2, -0.15) is 0 Å². The highest BCUT2D eigenvalue weighted by Gasteiger charge is 2.14. The van der Waals surface area contributed by atoms with E-state index in [1.165, 1.54) is 12.4 Å². The molecule has 0 amide bonds. The minimum atomic E-state index is -3.58. The number of nitrogen functional groups attached to an aromatic ring is 1. The van der Waals surface area contributed by atoms with E-state index in [0.717, 1.165) is 8.66 Å². The molecule has 6 nitrogen and oxygen atoms in total. The van der Waals surface area contributed by atoms with Crippen molar-refractivity contribution in [2.45, 2.75) is 11.3 Å². The normalized spacial score (nSPS) is 11.6. The van der Waals surface area contributed by atoms with Gasteiger partial charge in [-0.3, -0.25) is 0 Å². The van der Waals surface area contributed by atoms with Gasteiger partial charge in [0.05, 0.1) is 16.2 Å². The molecule has 2 heterocycles. The second-order valence-corrected chi connectivity index (χ2v) is 7.95. The van der Waals surface area contributed by atoms with Crippen molar-refractivity contribution in [3.05, 3.63) is 33.2 Å². The van der Waals surface area contributed by atoms with E-state index in [2.05, 4.69) is 30.6 Å². The third-order valence-electron chi connectivity index (χ3n) is 2.25. The van der Waals surface area contributed by atoms with Gasteiger partial charge in [0, 0.05) is 11.4 Å². The van der Waals surface area contributed by atoms with E-state index in [1.54, 1.807) is 11.3 Å². The highest BCUT2D eigenvalue weighted by molar-refractivity contribution is 9.11. The van der Waals surface area contributed by atoms with Crippen LogP contribution in [0.1, 0.15) is 4.88 Å². The molecular formula is C10H11BrN4O2S2. The van der Waals surface area contributed by atoms with E-state index < -0.39 is 10.0 Å². The molecule has 0 aliphatic heterocycles. The standard InChI is InChI=1S/C10H11BrN4O2S2/c11-9-2-1-7(18-9)3-4-15-19(16,17)8-5-13-10(12)14-6-8/h1-2,5-6,15H,3-4H2,(H2,12,13,14). The molecule has 3 N–H and O–H groups in total. The Morgan fingerprint density at radius 2 is 2.00 bits per heavy atom. The van der Waals surface area contributed by atoms with E-state index in [0.29, 0.717) is 13.0 Å². The number of nitrogens with two attached hydrogens (primary N) is 1. The topological polar surface area (TPSA) is 98.0 Å². The zero-order valence-electron chi connectivity index (χ0n) is 9.71. The number of hydrogen-bond donors (Lipinski definition) is 2. The molecule has 102 valence electrons. The molecule has 0 spiro atoms. The summed E-state index contributed by atoms with van der Waals surface area (Å²) < 4.78 is 27.3. The Labute approximate surface area is 123 Å². The molecular weight excluding hydrogens is 352 g/mol. The zero-order valence-corrected chi connectivity index (χ0v) is 12.9. The molecule has 0 fully saturated rings. The van der Waals surface area contributed by atoms with Crippen LogP contribution in [0.5, 0.6) is 0 Å². The summed E-state index contributed by atoms with van der Waals surface area (Å²) in [6.07, 6.45) is 3.00. The predicted octanol–water partition coefficient (Wildman–Crippen LogP) is 1.40. The molecule has 0 bridgehead atoms. The summed E-state index contributed by atoms with van der Waals surface area (Å²) in [5, 5.41) is 0. The van der Waals surface area contributed by atoms with Gasteiger partial charge in [-0.25, -0.2) is 23.1 Å². The van der Waals surface area contributed by atoms with Crippen molar-refractivity contribution in [3.8, 4) is 0 Å². The van der Waals surface area contributed by atoms with Gasteiger partial charge in [0.1, 0.15) is 4.90 Å². The lowest BCUT2D eigenvalue weighted by Gasteiger charge is -2.05. The predicted molar refractivity (Wildman–Crippen MR) is 77.4 cm³/mol. The first-order valence-electron chi connectivity index (χ1n) is 5.29. The van der Waals surface area contributed by atoms with Crippen molar-refractivity contribution in [1.82, 2.24) is 14.7 Å². The minimum absolute atomic E-state index is 0.00839. The number of nitrogens with one attached hydrogen (secondary N) is 1. The molecule has 0 radical (unpaired) electrons. The largest absolute Gasteiger partial charge is 0.368 e.